The lowest BCUT2D eigenvalue weighted by atomic mass is 9.79. The Morgan fingerprint density at radius 1 is 1.18 bits per heavy atom. The SMILES string of the molecule is Cc1ccc(C2CC(=O)NC23CCCC3)cc1. The molecule has 1 saturated carbocycles. The van der Waals surface area contributed by atoms with Gasteiger partial charge in [-0.2, -0.15) is 0 Å². The molecule has 2 aliphatic rings. The highest BCUT2D eigenvalue weighted by Crippen LogP contribution is 2.46. The minimum atomic E-state index is 0.0757. The summed E-state index contributed by atoms with van der Waals surface area (Å²) in [7, 11) is 0. The molecule has 0 radical (unpaired) electrons. The first-order valence-electron chi connectivity index (χ1n) is 6.57. The molecule has 1 unspecified atom stereocenters. The van der Waals surface area contributed by atoms with Crippen LogP contribution in [0.2, 0.25) is 0 Å². The van der Waals surface area contributed by atoms with Gasteiger partial charge in [0, 0.05) is 17.9 Å². The lowest BCUT2D eigenvalue weighted by molar-refractivity contribution is -0.119. The van der Waals surface area contributed by atoms with Crippen LogP contribution in [0, 0.1) is 6.92 Å². The van der Waals surface area contributed by atoms with Crippen LogP contribution in [-0.2, 0) is 4.79 Å². The van der Waals surface area contributed by atoms with E-state index in [0.717, 1.165) is 12.8 Å². The average molecular weight is 229 g/mol. The lowest BCUT2D eigenvalue weighted by Crippen LogP contribution is -2.42. The van der Waals surface area contributed by atoms with Crippen molar-refractivity contribution >= 4 is 5.91 Å². The van der Waals surface area contributed by atoms with Crippen molar-refractivity contribution in [2.75, 3.05) is 0 Å². The molecule has 0 bridgehead atoms. The van der Waals surface area contributed by atoms with Crippen LogP contribution in [0.5, 0.6) is 0 Å². The topological polar surface area (TPSA) is 29.1 Å². The Bertz CT molecular complexity index is 429. The molecule has 17 heavy (non-hydrogen) atoms. The third-order valence-electron chi connectivity index (χ3n) is 4.42. The van der Waals surface area contributed by atoms with Gasteiger partial charge in [0.15, 0.2) is 0 Å². The highest BCUT2D eigenvalue weighted by Gasteiger charge is 2.48. The molecular formula is C15H19NO. The van der Waals surface area contributed by atoms with Crippen molar-refractivity contribution in [3.05, 3.63) is 35.4 Å². The Kier molecular flexibility index (Phi) is 2.46. The molecule has 1 N–H and O–H groups in total. The summed E-state index contributed by atoms with van der Waals surface area (Å²) in [6.45, 7) is 2.10. The van der Waals surface area contributed by atoms with E-state index < -0.39 is 0 Å². The van der Waals surface area contributed by atoms with E-state index in [0.29, 0.717) is 12.3 Å². The zero-order valence-electron chi connectivity index (χ0n) is 10.3. The Labute approximate surface area is 102 Å². The van der Waals surface area contributed by atoms with E-state index >= 15 is 0 Å². The molecule has 2 heteroatoms. The monoisotopic (exact) mass is 229 g/mol. The Hall–Kier alpha value is -1.31. The van der Waals surface area contributed by atoms with E-state index in [-0.39, 0.29) is 11.4 Å². The summed E-state index contributed by atoms with van der Waals surface area (Å²) in [5.74, 6) is 0.621. The number of aryl methyl sites for hydroxylation is 1. The molecule has 1 aromatic carbocycles. The van der Waals surface area contributed by atoms with Crippen molar-refractivity contribution in [1.82, 2.24) is 5.32 Å². The molecule has 1 saturated heterocycles. The van der Waals surface area contributed by atoms with Gasteiger partial charge in [0.25, 0.3) is 0 Å². The first kappa shape index (κ1) is 10.8. The van der Waals surface area contributed by atoms with Crippen LogP contribution < -0.4 is 5.32 Å². The number of rotatable bonds is 1. The standard InChI is InChI=1S/C15H19NO/c1-11-4-6-12(7-5-11)13-10-14(17)16-15(13)8-2-3-9-15/h4-7,13H,2-3,8-10H2,1H3,(H,16,17). The van der Waals surface area contributed by atoms with Crippen molar-refractivity contribution in [1.29, 1.82) is 0 Å². The van der Waals surface area contributed by atoms with Crippen molar-refractivity contribution in [2.24, 2.45) is 0 Å². The maximum atomic E-state index is 11.7. The molecule has 1 aliphatic carbocycles. The van der Waals surface area contributed by atoms with Crippen LogP contribution in [0.3, 0.4) is 0 Å². The molecular weight excluding hydrogens is 210 g/mol. The van der Waals surface area contributed by atoms with Crippen LogP contribution in [0.4, 0.5) is 0 Å². The summed E-state index contributed by atoms with van der Waals surface area (Å²) in [5, 5.41) is 3.25. The van der Waals surface area contributed by atoms with Crippen molar-refractivity contribution in [2.45, 2.75) is 50.5 Å². The van der Waals surface area contributed by atoms with Crippen LogP contribution in [0.15, 0.2) is 24.3 Å². The molecule has 0 aromatic heterocycles. The lowest BCUT2D eigenvalue weighted by Gasteiger charge is -2.31. The highest BCUT2D eigenvalue weighted by molar-refractivity contribution is 5.81. The van der Waals surface area contributed by atoms with Gasteiger partial charge in [-0.1, -0.05) is 42.7 Å². The molecule has 1 amide bonds. The largest absolute Gasteiger partial charge is 0.350 e. The second-order valence-corrected chi connectivity index (χ2v) is 5.58. The third-order valence-corrected chi connectivity index (χ3v) is 4.42. The van der Waals surface area contributed by atoms with Crippen LogP contribution in [0.25, 0.3) is 0 Å². The van der Waals surface area contributed by atoms with Crippen LogP contribution in [0.1, 0.15) is 49.1 Å². The minimum Gasteiger partial charge on any atom is -0.350 e. The van der Waals surface area contributed by atoms with Gasteiger partial charge < -0.3 is 5.32 Å². The molecule has 90 valence electrons. The smallest absolute Gasteiger partial charge is 0.221 e. The predicted molar refractivity (Wildman–Crippen MR) is 67.9 cm³/mol. The van der Waals surface area contributed by atoms with Gasteiger partial charge in [0.2, 0.25) is 5.91 Å². The second kappa shape index (κ2) is 3.86. The normalized spacial score (nSPS) is 26.4. The fourth-order valence-corrected chi connectivity index (χ4v) is 3.51. The number of carbonyl (C=O) groups is 1. The molecule has 1 atom stereocenters. The zero-order valence-corrected chi connectivity index (χ0v) is 10.3. The molecule has 1 aliphatic heterocycles. The maximum absolute atomic E-state index is 11.7. The number of nitrogens with one attached hydrogen (secondary N) is 1. The van der Waals surface area contributed by atoms with E-state index in [9.17, 15) is 4.79 Å². The minimum absolute atomic E-state index is 0.0757. The summed E-state index contributed by atoms with van der Waals surface area (Å²) in [4.78, 5) is 11.7. The summed E-state index contributed by atoms with van der Waals surface area (Å²) in [6, 6.07) is 8.70. The Morgan fingerprint density at radius 2 is 1.82 bits per heavy atom. The summed E-state index contributed by atoms with van der Waals surface area (Å²) < 4.78 is 0. The quantitative estimate of drug-likeness (QED) is 0.788. The van der Waals surface area contributed by atoms with E-state index in [1.54, 1.807) is 0 Å². The average Bonchev–Trinajstić information content (AvgIpc) is 2.89. The van der Waals surface area contributed by atoms with E-state index in [1.807, 2.05) is 0 Å². The molecule has 2 fully saturated rings. The number of benzene rings is 1. The third kappa shape index (κ3) is 1.76. The predicted octanol–water partition coefficient (Wildman–Crippen LogP) is 2.91. The van der Waals surface area contributed by atoms with Crippen molar-refractivity contribution < 1.29 is 4.79 Å². The fourth-order valence-electron chi connectivity index (χ4n) is 3.51. The zero-order chi connectivity index (χ0) is 11.9. The van der Waals surface area contributed by atoms with Crippen molar-refractivity contribution in [3.63, 3.8) is 0 Å². The van der Waals surface area contributed by atoms with Gasteiger partial charge in [-0.15, -0.1) is 0 Å². The Balaban J connectivity index is 1.95. The van der Waals surface area contributed by atoms with E-state index in [4.69, 9.17) is 0 Å². The first-order chi connectivity index (χ1) is 8.20. The van der Waals surface area contributed by atoms with Gasteiger partial charge in [-0.05, 0) is 25.3 Å². The van der Waals surface area contributed by atoms with Gasteiger partial charge >= 0.3 is 0 Å². The van der Waals surface area contributed by atoms with Crippen LogP contribution in [-0.4, -0.2) is 11.4 Å². The van der Waals surface area contributed by atoms with E-state index in [2.05, 4.69) is 36.5 Å². The number of hydrogen-bond acceptors (Lipinski definition) is 1. The summed E-state index contributed by atoms with van der Waals surface area (Å²) in [6.07, 6.45) is 5.48. The number of amides is 1. The molecule has 2 nitrogen and oxygen atoms in total. The van der Waals surface area contributed by atoms with Gasteiger partial charge in [0.05, 0.1) is 0 Å². The summed E-state index contributed by atoms with van der Waals surface area (Å²) in [5.41, 5.74) is 2.69. The maximum Gasteiger partial charge on any atom is 0.221 e. The fraction of sp³-hybridized carbons (Fsp3) is 0.533. The molecule has 1 spiro atoms. The van der Waals surface area contributed by atoms with Crippen LogP contribution >= 0.6 is 0 Å². The van der Waals surface area contributed by atoms with E-state index in [1.165, 1.54) is 24.0 Å². The van der Waals surface area contributed by atoms with Gasteiger partial charge in [0.1, 0.15) is 0 Å². The molecule has 1 heterocycles. The second-order valence-electron chi connectivity index (χ2n) is 5.58. The Morgan fingerprint density at radius 3 is 2.47 bits per heavy atom. The van der Waals surface area contributed by atoms with Gasteiger partial charge in [-0.3, -0.25) is 4.79 Å². The first-order valence-corrected chi connectivity index (χ1v) is 6.57. The van der Waals surface area contributed by atoms with Crippen molar-refractivity contribution in [3.8, 4) is 0 Å². The summed E-state index contributed by atoms with van der Waals surface area (Å²) >= 11 is 0. The van der Waals surface area contributed by atoms with Gasteiger partial charge in [-0.25, -0.2) is 0 Å². The number of hydrogen-bond donors (Lipinski definition) is 1. The highest BCUT2D eigenvalue weighted by atomic mass is 16.2. The molecule has 1 aromatic rings. The number of carbonyl (C=O) groups excluding carboxylic acids is 1. The molecule has 3 rings (SSSR count).